The largest absolute Gasteiger partial charge is 0.454 e. The van der Waals surface area contributed by atoms with E-state index in [1.165, 1.54) is 5.56 Å². The van der Waals surface area contributed by atoms with Gasteiger partial charge >= 0.3 is 5.97 Å². The summed E-state index contributed by atoms with van der Waals surface area (Å²) in [5, 5.41) is 0. The van der Waals surface area contributed by atoms with Crippen molar-refractivity contribution in [3.63, 3.8) is 0 Å². The first kappa shape index (κ1) is 15.0. The molecule has 2 rings (SSSR count). The molecule has 0 atom stereocenters. The number of aryl methyl sites for hydroxylation is 1. The number of carbonyl (C=O) groups is 2. The van der Waals surface area contributed by atoms with Gasteiger partial charge in [-0.2, -0.15) is 0 Å². The minimum absolute atomic E-state index is 0.0461. The molecule has 0 aliphatic carbocycles. The van der Waals surface area contributed by atoms with Crippen molar-refractivity contribution in [1.29, 1.82) is 0 Å². The van der Waals surface area contributed by atoms with Crippen LogP contribution in [0.3, 0.4) is 0 Å². The molecule has 3 heteroatoms. The van der Waals surface area contributed by atoms with Gasteiger partial charge in [-0.05, 0) is 30.5 Å². The molecule has 0 amide bonds. The quantitative estimate of drug-likeness (QED) is 0.731. The highest BCUT2D eigenvalue weighted by atomic mass is 16.5. The minimum Gasteiger partial charge on any atom is -0.454 e. The summed E-state index contributed by atoms with van der Waals surface area (Å²) in [5.74, 6) is -0.498. The standard InChI is InChI=1S/C18H18O3/c19-17(13-7-10-15-8-3-1-4-9-15)14-21-18(20)16-11-5-2-6-12-16/h1-6,8-9,11-12H,7,10,13-14H2. The summed E-state index contributed by atoms with van der Waals surface area (Å²) in [7, 11) is 0. The molecule has 0 bridgehead atoms. The van der Waals surface area contributed by atoms with Crippen LogP contribution in [-0.4, -0.2) is 18.4 Å². The highest BCUT2D eigenvalue weighted by Gasteiger charge is 2.09. The molecule has 21 heavy (non-hydrogen) atoms. The smallest absolute Gasteiger partial charge is 0.338 e. The van der Waals surface area contributed by atoms with Crippen LogP contribution >= 0.6 is 0 Å². The first-order valence-corrected chi connectivity index (χ1v) is 7.03. The van der Waals surface area contributed by atoms with Gasteiger partial charge in [0.1, 0.15) is 6.61 Å². The number of esters is 1. The average Bonchev–Trinajstić information content (AvgIpc) is 2.54. The molecule has 0 aliphatic heterocycles. The number of rotatable bonds is 7. The van der Waals surface area contributed by atoms with E-state index in [1.807, 2.05) is 36.4 Å². The fourth-order valence-electron chi connectivity index (χ4n) is 2.01. The van der Waals surface area contributed by atoms with E-state index in [2.05, 4.69) is 0 Å². The maximum atomic E-state index is 11.7. The number of hydrogen-bond acceptors (Lipinski definition) is 3. The van der Waals surface area contributed by atoms with E-state index in [4.69, 9.17) is 4.74 Å². The third kappa shape index (κ3) is 5.22. The summed E-state index contributed by atoms with van der Waals surface area (Å²) in [6.45, 7) is -0.150. The predicted octanol–water partition coefficient (Wildman–Crippen LogP) is 3.44. The van der Waals surface area contributed by atoms with Gasteiger partial charge in [0.2, 0.25) is 0 Å². The summed E-state index contributed by atoms with van der Waals surface area (Å²) in [5.41, 5.74) is 1.68. The van der Waals surface area contributed by atoms with Crippen molar-refractivity contribution in [2.45, 2.75) is 19.3 Å². The number of carbonyl (C=O) groups excluding carboxylic acids is 2. The van der Waals surface area contributed by atoms with Crippen molar-refractivity contribution in [2.75, 3.05) is 6.61 Å². The highest BCUT2D eigenvalue weighted by Crippen LogP contribution is 2.06. The topological polar surface area (TPSA) is 43.4 Å². The molecular formula is C18H18O3. The van der Waals surface area contributed by atoms with Gasteiger partial charge < -0.3 is 4.74 Å². The lowest BCUT2D eigenvalue weighted by atomic mass is 10.1. The van der Waals surface area contributed by atoms with Crippen LogP contribution in [0.2, 0.25) is 0 Å². The van der Waals surface area contributed by atoms with E-state index in [9.17, 15) is 9.59 Å². The monoisotopic (exact) mass is 282 g/mol. The summed E-state index contributed by atoms with van der Waals surface area (Å²) >= 11 is 0. The molecule has 0 fully saturated rings. The maximum absolute atomic E-state index is 11.7. The predicted molar refractivity (Wildman–Crippen MR) is 81.1 cm³/mol. The van der Waals surface area contributed by atoms with Crippen molar-refractivity contribution in [2.24, 2.45) is 0 Å². The van der Waals surface area contributed by atoms with Crippen LogP contribution in [0.25, 0.3) is 0 Å². The number of benzene rings is 2. The van der Waals surface area contributed by atoms with E-state index in [0.29, 0.717) is 12.0 Å². The average molecular weight is 282 g/mol. The van der Waals surface area contributed by atoms with E-state index < -0.39 is 5.97 Å². The first-order chi connectivity index (χ1) is 10.3. The Labute approximate surface area is 124 Å². The van der Waals surface area contributed by atoms with Gasteiger partial charge in [0, 0.05) is 6.42 Å². The normalized spacial score (nSPS) is 10.1. The maximum Gasteiger partial charge on any atom is 0.338 e. The molecule has 108 valence electrons. The van der Waals surface area contributed by atoms with Crippen LogP contribution in [0.4, 0.5) is 0 Å². The third-order valence-corrected chi connectivity index (χ3v) is 3.14. The van der Waals surface area contributed by atoms with E-state index in [-0.39, 0.29) is 12.4 Å². The second kappa shape index (κ2) is 8.00. The third-order valence-electron chi connectivity index (χ3n) is 3.14. The fraction of sp³-hybridized carbons (Fsp3) is 0.222. The van der Waals surface area contributed by atoms with Crippen molar-refractivity contribution in [1.82, 2.24) is 0 Å². The molecule has 0 spiro atoms. The second-order valence-electron chi connectivity index (χ2n) is 4.82. The molecule has 3 nitrogen and oxygen atoms in total. The van der Waals surface area contributed by atoms with E-state index in [1.54, 1.807) is 24.3 Å². The zero-order chi connectivity index (χ0) is 14.9. The van der Waals surface area contributed by atoms with Gasteiger partial charge in [0.25, 0.3) is 0 Å². The number of hydrogen-bond donors (Lipinski definition) is 0. The van der Waals surface area contributed by atoms with Crippen LogP contribution in [0.15, 0.2) is 60.7 Å². The molecule has 0 saturated carbocycles. The lowest BCUT2D eigenvalue weighted by molar-refractivity contribution is -0.122. The number of ether oxygens (including phenoxy) is 1. The fourth-order valence-corrected chi connectivity index (χ4v) is 2.01. The van der Waals surface area contributed by atoms with Gasteiger partial charge in [0.15, 0.2) is 5.78 Å². The SMILES string of the molecule is O=C(CCCc1ccccc1)COC(=O)c1ccccc1. The van der Waals surface area contributed by atoms with Gasteiger partial charge in [-0.15, -0.1) is 0 Å². The van der Waals surface area contributed by atoms with Crippen molar-refractivity contribution >= 4 is 11.8 Å². The summed E-state index contributed by atoms with van der Waals surface area (Å²) in [6.07, 6.45) is 2.06. The molecule has 0 unspecified atom stereocenters. The Balaban J connectivity index is 1.67. The molecule has 2 aromatic carbocycles. The Hall–Kier alpha value is -2.42. The zero-order valence-electron chi connectivity index (χ0n) is 11.8. The zero-order valence-corrected chi connectivity index (χ0v) is 11.8. The molecule has 0 aliphatic rings. The summed E-state index contributed by atoms with van der Waals surface area (Å²) in [4.78, 5) is 23.4. The van der Waals surface area contributed by atoms with Gasteiger partial charge in [-0.25, -0.2) is 4.79 Å². The van der Waals surface area contributed by atoms with E-state index in [0.717, 1.165) is 12.8 Å². The molecule has 0 saturated heterocycles. The van der Waals surface area contributed by atoms with Crippen LogP contribution in [0.5, 0.6) is 0 Å². The van der Waals surface area contributed by atoms with Gasteiger partial charge in [-0.1, -0.05) is 48.5 Å². The molecule has 2 aromatic rings. The summed E-state index contributed by atoms with van der Waals surface area (Å²) in [6, 6.07) is 18.7. The van der Waals surface area contributed by atoms with Gasteiger partial charge in [-0.3, -0.25) is 4.79 Å². The Morgan fingerprint density at radius 2 is 1.48 bits per heavy atom. The van der Waals surface area contributed by atoms with Crippen LogP contribution in [0.1, 0.15) is 28.8 Å². The van der Waals surface area contributed by atoms with E-state index >= 15 is 0 Å². The molecule has 0 N–H and O–H groups in total. The Morgan fingerprint density at radius 3 is 2.14 bits per heavy atom. The number of ketones is 1. The number of Topliss-reactive ketones (excluding diaryl/α,β-unsaturated/α-hetero) is 1. The van der Waals surface area contributed by atoms with Gasteiger partial charge in [0.05, 0.1) is 5.56 Å². The summed E-state index contributed by atoms with van der Waals surface area (Å²) < 4.78 is 5.00. The Bertz CT molecular complexity index is 576. The lowest BCUT2D eigenvalue weighted by Crippen LogP contribution is -2.14. The lowest BCUT2D eigenvalue weighted by Gasteiger charge is -2.04. The Morgan fingerprint density at radius 1 is 0.857 bits per heavy atom. The Kier molecular flexibility index (Phi) is 5.71. The van der Waals surface area contributed by atoms with Crippen LogP contribution in [0, 0.1) is 0 Å². The van der Waals surface area contributed by atoms with Crippen LogP contribution < -0.4 is 0 Å². The highest BCUT2D eigenvalue weighted by molar-refractivity contribution is 5.91. The van der Waals surface area contributed by atoms with Crippen LogP contribution in [-0.2, 0) is 16.0 Å². The molecule has 0 radical (unpaired) electrons. The molecular weight excluding hydrogens is 264 g/mol. The van der Waals surface area contributed by atoms with Crippen molar-refractivity contribution in [3.8, 4) is 0 Å². The molecule has 0 heterocycles. The van der Waals surface area contributed by atoms with Crippen molar-refractivity contribution < 1.29 is 14.3 Å². The van der Waals surface area contributed by atoms with Crippen molar-refractivity contribution in [3.05, 3.63) is 71.8 Å². The minimum atomic E-state index is -0.452. The second-order valence-corrected chi connectivity index (χ2v) is 4.82. The first-order valence-electron chi connectivity index (χ1n) is 7.03. The molecule has 0 aromatic heterocycles.